The van der Waals surface area contributed by atoms with E-state index in [9.17, 15) is 9.59 Å². The Bertz CT molecular complexity index is 1480. The van der Waals surface area contributed by atoms with E-state index >= 15 is 0 Å². The summed E-state index contributed by atoms with van der Waals surface area (Å²) in [6.07, 6.45) is 25.8. The molecule has 1 heterocycles. The number of nitrogens with zero attached hydrogens (tertiary/aromatic N) is 3. The number of carbonyl (C=O) groups excluding carboxylic acids is 2. The molecule has 4 fully saturated rings. The van der Waals surface area contributed by atoms with E-state index in [4.69, 9.17) is 14.3 Å². The Labute approximate surface area is 389 Å². The third-order valence-corrected chi connectivity index (χ3v) is 21.7. The molecule has 0 aromatic heterocycles. The van der Waals surface area contributed by atoms with Crippen molar-refractivity contribution in [1.29, 1.82) is 5.26 Å². The fourth-order valence-electron chi connectivity index (χ4n) is 13.3. The number of amides is 1. The second kappa shape index (κ2) is 24.9. The van der Waals surface area contributed by atoms with Gasteiger partial charge in [-0.05, 0) is 151 Å². The minimum atomic E-state index is -1.32. The van der Waals surface area contributed by atoms with Crippen LogP contribution in [0.5, 0.6) is 0 Å². The van der Waals surface area contributed by atoms with Gasteiger partial charge in [0.2, 0.25) is 5.91 Å². The summed E-state index contributed by atoms with van der Waals surface area (Å²) in [7, 11) is 2.69. The number of allylic oxidation sites excluding steroid dienone is 2. The highest BCUT2D eigenvalue weighted by Crippen LogP contribution is 2.68. The van der Waals surface area contributed by atoms with Crippen molar-refractivity contribution in [3.8, 4) is 6.07 Å². The molecule has 0 aromatic carbocycles. The maximum absolute atomic E-state index is 13.4. The van der Waals surface area contributed by atoms with E-state index in [2.05, 4.69) is 96.8 Å². The lowest BCUT2D eigenvalue weighted by molar-refractivity contribution is -0.132. The zero-order valence-electron chi connectivity index (χ0n) is 41.1. The highest BCUT2D eigenvalue weighted by atomic mass is 33.1. The Hall–Kier alpha value is -0.620. The molecule has 62 heavy (non-hydrogen) atoms. The van der Waals surface area contributed by atoms with Crippen molar-refractivity contribution >= 4 is 41.8 Å². The zero-order chi connectivity index (χ0) is 45.0. The van der Waals surface area contributed by atoms with Crippen LogP contribution < -0.4 is 0 Å². The van der Waals surface area contributed by atoms with Crippen LogP contribution in [-0.4, -0.2) is 69.6 Å². The van der Waals surface area contributed by atoms with Crippen LogP contribution >= 0.6 is 30.1 Å². The van der Waals surface area contributed by atoms with E-state index in [0.29, 0.717) is 60.7 Å². The van der Waals surface area contributed by atoms with Gasteiger partial charge in [-0.15, -0.1) is 0 Å². The van der Waals surface area contributed by atoms with Crippen LogP contribution in [0.25, 0.3) is 0 Å². The molecule has 1 saturated heterocycles. The van der Waals surface area contributed by atoms with Crippen molar-refractivity contribution < 1.29 is 18.6 Å². The monoisotopic (exact) mass is 916 g/mol. The lowest BCUT2D eigenvalue weighted by Gasteiger charge is -2.58. The topological polar surface area (TPSA) is 82.9 Å². The summed E-state index contributed by atoms with van der Waals surface area (Å²) in [5.41, 5.74) is 2.75. The normalized spacial score (nSPS) is 31.9. The second-order valence-electron chi connectivity index (χ2n) is 21.9. The third kappa shape index (κ3) is 13.5. The summed E-state index contributed by atoms with van der Waals surface area (Å²) in [5.74, 6) is 6.88. The summed E-state index contributed by atoms with van der Waals surface area (Å²) in [6.45, 7) is 24.4. The number of carbonyl (C=O) groups is 2. The number of nitriles is 1. The molecule has 5 aliphatic rings. The number of fused-ring (bicyclic) bond motifs is 5. The molecule has 11 atom stereocenters. The molecular formula is C52H90N3O4PS2. The van der Waals surface area contributed by atoms with Gasteiger partial charge in [-0.1, -0.05) is 107 Å². The molecule has 354 valence electrons. The van der Waals surface area contributed by atoms with Crippen LogP contribution in [0.2, 0.25) is 0 Å². The Morgan fingerprint density at radius 2 is 1.68 bits per heavy atom. The molecule has 1 amide bonds. The van der Waals surface area contributed by atoms with Crippen LogP contribution in [-0.2, 0) is 18.6 Å². The molecule has 1 aliphatic heterocycles. The van der Waals surface area contributed by atoms with Crippen LogP contribution in [0, 0.1) is 57.7 Å². The molecule has 4 unspecified atom stereocenters. The van der Waals surface area contributed by atoms with Gasteiger partial charge in [-0.2, -0.15) is 5.26 Å². The van der Waals surface area contributed by atoms with Crippen molar-refractivity contribution in [2.24, 2.45) is 46.3 Å². The van der Waals surface area contributed by atoms with Crippen LogP contribution in [0.4, 0.5) is 0 Å². The number of rotatable bonds is 26. The van der Waals surface area contributed by atoms with Gasteiger partial charge in [0, 0.05) is 54.9 Å². The zero-order valence-corrected chi connectivity index (χ0v) is 43.7. The van der Waals surface area contributed by atoms with Crippen LogP contribution in [0.3, 0.4) is 0 Å². The fraction of sp³-hybridized carbons (Fsp3) is 0.904. The molecule has 5 rings (SSSR count). The third-order valence-electron chi connectivity index (χ3n) is 16.6. The Morgan fingerprint density at radius 3 is 2.37 bits per heavy atom. The molecule has 3 saturated carbocycles. The van der Waals surface area contributed by atoms with Crippen molar-refractivity contribution in [3.63, 3.8) is 0 Å². The summed E-state index contributed by atoms with van der Waals surface area (Å²) in [6, 6.07) is 2.85. The van der Waals surface area contributed by atoms with Crippen molar-refractivity contribution in [2.75, 3.05) is 18.9 Å². The van der Waals surface area contributed by atoms with E-state index in [1.165, 1.54) is 70.6 Å². The molecule has 10 heteroatoms. The smallest absolute Gasteiger partial charge is 0.259 e. The standard InChI is InChI=1S/C52H90N3O4PS2/c1-11-42-35-44(59-60(58-32-17-31-53)55(38(4)5)39(6)7)36-54(42)50(57)21-15-13-12-14-20-43(56)28-33-61-62-45-26-29-51(9)41(34-45)22-23-46-48-25-24-47(40(8)19-16-18-37(2)3)52(48,10)30-27-49(46)51/h22,37-40,42,44-49H,11-21,23-30,32-36H2,1-10H3/t40-,42-,44-,45+,46?,47-,48?,49?,51+,52-,60?/m1/s1. The van der Waals surface area contributed by atoms with E-state index < -0.39 is 8.53 Å². The lowest BCUT2D eigenvalue weighted by Crippen LogP contribution is -2.50. The van der Waals surface area contributed by atoms with Gasteiger partial charge in [0.05, 0.1) is 25.2 Å². The Balaban J connectivity index is 0.951. The minimum Gasteiger partial charge on any atom is -0.337 e. The number of likely N-dealkylation sites (tertiary alicyclic amines) is 1. The number of unbranched alkanes of at least 4 members (excludes halogenated alkanes) is 3. The number of hydrogen-bond acceptors (Lipinski definition) is 8. The number of ketones is 1. The molecule has 0 aromatic rings. The van der Waals surface area contributed by atoms with Gasteiger partial charge >= 0.3 is 0 Å². The van der Waals surface area contributed by atoms with Gasteiger partial charge in [0.1, 0.15) is 5.78 Å². The summed E-state index contributed by atoms with van der Waals surface area (Å²) in [5, 5.41) is 9.75. The summed E-state index contributed by atoms with van der Waals surface area (Å²) in [4.78, 5) is 28.3. The molecule has 7 nitrogen and oxygen atoms in total. The Kier molecular flexibility index (Phi) is 21.1. The predicted molar refractivity (Wildman–Crippen MR) is 265 cm³/mol. The first-order valence-corrected chi connectivity index (χ1v) is 29.2. The van der Waals surface area contributed by atoms with Gasteiger partial charge in [0.25, 0.3) is 8.53 Å². The van der Waals surface area contributed by atoms with E-state index in [1.807, 2.05) is 15.7 Å². The largest absolute Gasteiger partial charge is 0.337 e. The van der Waals surface area contributed by atoms with Gasteiger partial charge < -0.3 is 13.9 Å². The average Bonchev–Trinajstić information content (AvgIpc) is 3.81. The van der Waals surface area contributed by atoms with E-state index in [0.717, 1.165) is 79.8 Å². The Morgan fingerprint density at radius 1 is 0.935 bits per heavy atom. The first-order valence-electron chi connectivity index (χ1n) is 25.7. The quantitative estimate of drug-likeness (QED) is 0.0367. The maximum Gasteiger partial charge on any atom is 0.259 e. The molecule has 0 spiro atoms. The fourth-order valence-corrected chi connectivity index (χ4v) is 17.7. The van der Waals surface area contributed by atoms with E-state index in [1.54, 1.807) is 5.57 Å². The predicted octanol–water partition coefficient (Wildman–Crippen LogP) is 14.7. The first-order chi connectivity index (χ1) is 29.6. The molecular weight excluding hydrogens is 826 g/mol. The highest BCUT2D eigenvalue weighted by molar-refractivity contribution is 8.76. The average molecular weight is 916 g/mol. The molecule has 0 bridgehead atoms. The molecule has 0 radical (unpaired) electrons. The molecule has 4 aliphatic carbocycles. The highest BCUT2D eigenvalue weighted by Gasteiger charge is 2.59. The minimum absolute atomic E-state index is 0.0626. The lowest BCUT2D eigenvalue weighted by atomic mass is 9.47. The van der Waals surface area contributed by atoms with E-state index in [-0.39, 0.29) is 30.1 Å². The van der Waals surface area contributed by atoms with Crippen LogP contribution in [0.1, 0.15) is 204 Å². The summed E-state index contributed by atoms with van der Waals surface area (Å²) < 4.78 is 15.0. The van der Waals surface area contributed by atoms with Gasteiger partial charge in [-0.25, -0.2) is 4.67 Å². The van der Waals surface area contributed by atoms with Crippen molar-refractivity contribution in [1.82, 2.24) is 9.57 Å². The van der Waals surface area contributed by atoms with Gasteiger partial charge in [-0.3, -0.25) is 9.59 Å². The second-order valence-corrected chi connectivity index (χ2v) is 26.1. The van der Waals surface area contributed by atoms with Crippen LogP contribution in [0.15, 0.2) is 11.6 Å². The molecule has 0 N–H and O–H groups in total. The summed E-state index contributed by atoms with van der Waals surface area (Å²) >= 11 is 0. The van der Waals surface area contributed by atoms with Gasteiger partial charge in [0.15, 0.2) is 0 Å². The first kappa shape index (κ1) is 52.4. The van der Waals surface area contributed by atoms with Crippen molar-refractivity contribution in [3.05, 3.63) is 11.6 Å². The number of hydrogen-bond donors (Lipinski definition) is 0. The maximum atomic E-state index is 13.4. The van der Waals surface area contributed by atoms with Crippen molar-refractivity contribution in [2.45, 2.75) is 234 Å². The number of Topliss-reactive ketones (excluding diaryl/α,β-unsaturated/α-hetero) is 1. The SMILES string of the molecule is CC[C@@H]1C[C@@H](OP(OCCC#N)N(C(C)C)C(C)C)CN1C(=O)CCCCCCC(=O)CCSS[C@H]1CC[C@@]2(C)C(=CCC3C2CC[C@@]2(C)C3CC[C@@H]2[C@H](C)CCCC(C)C)C1.